The van der Waals surface area contributed by atoms with E-state index in [0.29, 0.717) is 12.0 Å². The number of nitrogens with zero attached hydrogens (tertiary/aromatic N) is 2. The van der Waals surface area contributed by atoms with Gasteiger partial charge in [0, 0.05) is 39.3 Å². The average Bonchev–Trinajstić information content (AvgIpc) is 2.61. The summed E-state index contributed by atoms with van der Waals surface area (Å²) in [7, 11) is 1.81. The molecule has 1 atom stereocenters. The summed E-state index contributed by atoms with van der Waals surface area (Å²) in [4.78, 5) is 6.71. The number of hydrogen-bond acceptors (Lipinski definition) is 3. The number of guanidine groups is 1. The Labute approximate surface area is 175 Å². The smallest absolute Gasteiger partial charge is 0.191 e. The summed E-state index contributed by atoms with van der Waals surface area (Å²) in [6.07, 6.45) is 1.68. The second kappa shape index (κ2) is 11.8. The van der Waals surface area contributed by atoms with Gasteiger partial charge in [-0.25, -0.2) is 0 Å². The Morgan fingerprint density at radius 2 is 1.73 bits per heavy atom. The van der Waals surface area contributed by atoms with Crippen LogP contribution < -0.4 is 10.6 Å². The molecule has 6 heteroatoms. The first-order valence-electron chi connectivity index (χ1n) is 9.43. The lowest BCUT2D eigenvalue weighted by Crippen LogP contribution is -2.43. The molecule has 26 heavy (non-hydrogen) atoms. The molecule has 0 bridgehead atoms. The van der Waals surface area contributed by atoms with Gasteiger partial charge < -0.3 is 15.7 Å². The lowest BCUT2D eigenvalue weighted by atomic mass is 10.1. The second-order valence-electron chi connectivity index (χ2n) is 7.43. The van der Waals surface area contributed by atoms with Crippen LogP contribution in [0.3, 0.4) is 0 Å². The molecule has 2 rings (SSSR count). The molecular formula is C20H35IN4O. The number of nitrogens with one attached hydrogen (secondary N) is 2. The number of likely N-dealkylation sites (tertiary alicyclic amines) is 1. The first-order chi connectivity index (χ1) is 12.0. The van der Waals surface area contributed by atoms with Crippen LogP contribution in [0.15, 0.2) is 29.3 Å². The van der Waals surface area contributed by atoms with Crippen molar-refractivity contribution in [2.45, 2.75) is 58.8 Å². The zero-order valence-electron chi connectivity index (χ0n) is 16.5. The fourth-order valence-corrected chi connectivity index (χ4v) is 2.86. The van der Waals surface area contributed by atoms with E-state index in [-0.39, 0.29) is 30.1 Å². The molecule has 0 saturated carbocycles. The van der Waals surface area contributed by atoms with Crippen LogP contribution >= 0.6 is 24.0 Å². The molecule has 1 aliphatic heterocycles. The van der Waals surface area contributed by atoms with Crippen molar-refractivity contribution in [3.63, 3.8) is 0 Å². The monoisotopic (exact) mass is 474 g/mol. The second-order valence-corrected chi connectivity index (χ2v) is 7.43. The largest absolute Gasteiger partial charge is 0.393 e. The van der Waals surface area contributed by atoms with E-state index in [9.17, 15) is 5.11 Å². The third kappa shape index (κ3) is 7.80. The van der Waals surface area contributed by atoms with E-state index in [4.69, 9.17) is 0 Å². The van der Waals surface area contributed by atoms with E-state index in [0.717, 1.165) is 45.0 Å². The Morgan fingerprint density at radius 3 is 2.27 bits per heavy atom. The summed E-state index contributed by atoms with van der Waals surface area (Å²) in [5, 5.41) is 16.4. The average molecular weight is 474 g/mol. The molecule has 0 aromatic heterocycles. The standard InChI is InChI=1S/C20H34N4O.HI/c1-15(2)16(3)23-20(21-4)22-13-17-5-7-18(8-6-17)14-24-11-9-19(25)10-12-24;/h5-8,15-16,19,25H,9-14H2,1-4H3,(H2,21,22,23);1H. The Hall–Kier alpha value is -0.860. The van der Waals surface area contributed by atoms with Crippen LogP contribution in [-0.2, 0) is 13.1 Å². The molecule has 1 saturated heterocycles. The van der Waals surface area contributed by atoms with Gasteiger partial charge in [0.25, 0.3) is 0 Å². The number of rotatable bonds is 6. The number of hydrogen-bond donors (Lipinski definition) is 3. The van der Waals surface area contributed by atoms with Crippen molar-refractivity contribution in [1.29, 1.82) is 0 Å². The van der Waals surface area contributed by atoms with Gasteiger partial charge in [0.15, 0.2) is 5.96 Å². The van der Waals surface area contributed by atoms with Crippen molar-refractivity contribution >= 4 is 29.9 Å². The molecule has 3 N–H and O–H groups in total. The minimum atomic E-state index is -0.105. The van der Waals surface area contributed by atoms with Gasteiger partial charge in [0.2, 0.25) is 0 Å². The highest BCUT2D eigenvalue weighted by Gasteiger charge is 2.16. The van der Waals surface area contributed by atoms with Gasteiger partial charge in [-0.05, 0) is 36.8 Å². The van der Waals surface area contributed by atoms with Gasteiger partial charge in [-0.2, -0.15) is 0 Å². The topological polar surface area (TPSA) is 59.9 Å². The highest BCUT2D eigenvalue weighted by atomic mass is 127. The quantitative estimate of drug-likeness (QED) is 0.337. The van der Waals surface area contributed by atoms with Gasteiger partial charge in [0.05, 0.1) is 6.10 Å². The van der Waals surface area contributed by atoms with Crippen molar-refractivity contribution in [2.75, 3.05) is 20.1 Å². The molecular weight excluding hydrogens is 439 g/mol. The van der Waals surface area contributed by atoms with Gasteiger partial charge in [-0.15, -0.1) is 24.0 Å². The van der Waals surface area contributed by atoms with Crippen LogP contribution in [0.1, 0.15) is 44.7 Å². The first-order valence-corrected chi connectivity index (χ1v) is 9.43. The number of aliphatic hydroxyl groups is 1. The van der Waals surface area contributed by atoms with Crippen LogP contribution in [0.2, 0.25) is 0 Å². The third-order valence-corrected chi connectivity index (χ3v) is 5.03. The summed E-state index contributed by atoms with van der Waals surface area (Å²) < 4.78 is 0. The van der Waals surface area contributed by atoms with Gasteiger partial charge in [0.1, 0.15) is 0 Å². The SMILES string of the molecule is CN=C(NCc1ccc(CN2CCC(O)CC2)cc1)NC(C)C(C)C.I. The molecule has 1 fully saturated rings. The molecule has 0 spiro atoms. The Bertz CT molecular complexity index is 539. The predicted molar refractivity (Wildman–Crippen MR) is 120 cm³/mol. The van der Waals surface area contributed by atoms with Crippen LogP contribution in [0.4, 0.5) is 0 Å². The number of piperidine rings is 1. The Morgan fingerprint density at radius 1 is 1.15 bits per heavy atom. The van der Waals surface area contributed by atoms with E-state index in [1.807, 2.05) is 0 Å². The summed E-state index contributed by atoms with van der Waals surface area (Å²) >= 11 is 0. The lowest BCUT2D eigenvalue weighted by molar-refractivity contribution is 0.0792. The molecule has 1 aromatic carbocycles. The van der Waals surface area contributed by atoms with Crippen LogP contribution in [0, 0.1) is 5.92 Å². The molecule has 5 nitrogen and oxygen atoms in total. The van der Waals surface area contributed by atoms with Gasteiger partial charge >= 0.3 is 0 Å². The molecule has 0 radical (unpaired) electrons. The molecule has 0 aliphatic carbocycles. The van der Waals surface area contributed by atoms with Crippen LogP contribution in [-0.4, -0.2) is 48.2 Å². The van der Waals surface area contributed by atoms with E-state index in [1.54, 1.807) is 7.05 Å². The van der Waals surface area contributed by atoms with Gasteiger partial charge in [-0.1, -0.05) is 38.1 Å². The zero-order chi connectivity index (χ0) is 18.2. The third-order valence-electron chi connectivity index (χ3n) is 5.03. The molecule has 1 aromatic rings. The van der Waals surface area contributed by atoms with Crippen molar-refractivity contribution in [2.24, 2.45) is 10.9 Å². The number of halogens is 1. The number of aliphatic imine (C=N–C) groups is 1. The summed E-state index contributed by atoms with van der Waals surface area (Å²) in [6.45, 7) is 10.3. The molecule has 1 aliphatic rings. The van der Waals surface area contributed by atoms with Crippen molar-refractivity contribution in [1.82, 2.24) is 15.5 Å². The fourth-order valence-electron chi connectivity index (χ4n) is 2.86. The molecule has 1 unspecified atom stereocenters. The number of benzene rings is 1. The lowest BCUT2D eigenvalue weighted by Gasteiger charge is -2.29. The summed E-state index contributed by atoms with van der Waals surface area (Å²) in [5.41, 5.74) is 2.58. The normalized spacial score (nSPS) is 17.7. The Kier molecular flexibility index (Phi) is 10.5. The Balaban J connectivity index is 0.00000338. The van der Waals surface area contributed by atoms with Crippen molar-refractivity contribution < 1.29 is 5.11 Å². The van der Waals surface area contributed by atoms with E-state index >= 15 is 0 Å². The molecule has 1 heterocycles. The maximum absolute atomic E-state index is 9.59. The van der Waals surface area contributed by atoms with E-state index in [1.165, 1.54) is 11.1 Å². The minimum absolute atomic E-state index is 0. The maximum Gasteiger partial charge on any atom is 0.191 e. The van der Waals surface area contributed by atoms with Crippen LogP contribution in [0.5, 0.6) is 0 Å². The van der Waals surface area contributed by atoms with Crippen molar-refractivity contribution in [3.8, 4) is 0 Å². The molecule has 0 amide bonds. The maximum atomic E-state index is 9.59. The van der Waals surface area contributed by atoms with Gasteiger partial charge in [-0.3, -0.25) is 9.89 Å². The zero-order valence-corrected chi connectivity index (χ0v) is 18.9. The minimum Gasteiger partial charge on any atom is -0.393 e. The predicted octanol–water partition coefficient (Wildman–Crippen LogP) is 2.97. The fraction of sp³-hybridized carbons (Fsp3) is 0.650. The number of aliphatic hydroxyl groups excluding tert-OH is 1. The van der Waals surface area contributed by atoms with Crippen molar-refractivity contribution in [3.05, 3.63) is 35.4 Å². The highest BCUT2D eigenvalue weighted by Crippen LogP contribution is 2.14. The first kappa shape index (κ1) is 23.2. The summed E-state index contributed by atoms with van der Waals surface area (Å²) in [5.74, 6) is 1.41. The van der Waals surface area contributed by atoms with Crippen LogP contribution in [0.25, 0.3) is 0 Å². The highest BCUT2D eigenvalue weighted by molar-refractivity contribution is 14.0. The molecule has 148 valence electrons. The summed E-state index contributed by atoms with van der Waals surface area (Å²) in [6, 6.07) is 9.15. The van der Waals surface area contributed by atoms with E-state index in [2.05, 4.69) is 65.6 Å². The van der Waals surface area contributed by atoms with E-state index < -0.39 is 0 Å².